The molecular weight excluding hydrogens is 328 g/mol. The lowest BCUT2D eigenvalue weighted by atomic mass is 9.98. The van der Waals surface area contributed by atoms with Crippen molar-refractivity contribution in [2.45, 2.75) is 6.04 Å². The zero-order chi connectivity index (χ0) is 18.3. The number of carbonyl (C=O) groups is 1. The van der Waals surface area contributed by atoms with Gasteiger partial charge >= 0.3 is 11.7 Å². The highest BCUT2D eigenvalue weighted by Gasteiger charge is 2.32. The second kappa shape index (κ2) is 6.00. The number of fused-ring (bicyclic) bond motifs is 1. The van der Waals surface area contributed by atoms with Gasteiger partial charge in [-0.2, -0.15) is 0 Å². The number of nitrogens with zero attached hydrogens (tertiary/aromatic N) is 2. The van der Waals surface area contributed by atoms with Crippen LogP contribution in [0.1, 0.15) is 17.2 Å². The fourth-order valence-electron chi connectivity index (χ4n) is 2.91. The molecule has 0 spiro atoms. The monoisotopic (exact) mass is 346 g/mol. The Hall–Kier alpha value is -3.23. The molecule has 1 aromatic carbocycles. The van der Waals surface area contributed by atoms with Gasteiger partial charge in [-0.1, -0.05) is 6.07 Å². The van der Waals surface area contributed by atoms with Crippen molar-refractivity contribution in [3.8, 4) is 11.5 Å². The molecule has 0 fully saturated rings. The van der Waals surface area contributed by atoms with E-state index in [0.717, 1.165) is 4.57 Å². The summed E-state index contributed by atoms with van der Waals surface area (Å²) in [6, 6.07) is 3.87. The molecule has 1 aromatic heterocycles. The van der Waals surface area contributed by atoms with Crippen LogP contribution in [-0.2, 0) is 14.1 Å². The van der Waals surface area contributed by atoms with Crippen LogP contribution in [0.15, 0.2) is 27.8 Å². The van der Waals surface area contributed by atoms with Crippen LogP contribution in [-0.4, -0.2) is 29.4 Å². The first-order valence-electron chi connectivity index (χ1n) is 7.48. The first-order chi connectivity index (χ1) is 11.9. The van der Waals surface area contributed by atoms with Crippen molar-refractivity contribution >= 4 is 11.8 Å². The van der Waals surface area contributed by atoms with E-state index in [1.807, 2.05) is 0 Å². The van der Waals surface area contributed by atoms with E-state index in [4.69, 9.17) is 9.47 Å². The molecule has 1 atom stereocenters. The number of amides is 2. The molecule has 0 radical (unpaired) electrons. The molecule has 3 rings (SSSR count). The number of ether oxygens (including phenoxy) is 2. The number of hydrogen-bond acceptors (Lipinski definition) is 5. The molecule has 0 aliphatic carbocycles. The van der Waals surface area contributed by atoms with E-state index in [1.54, 1.807) is 18.2 Å². The van der Waals surface area contributed by atoms with Crippen LogP contribution >= 0.6 is 0 Å². The Balaban J connectivity index is 2.26. The smallest absolute Gasteiger partial charge is 0.332 e. The number of anilines is 1. The quantitative estimate of drug-likeness (QED) is 0.833. The Morgan fingerprint density at radius 1 is 1.00 bits per heavy atom. The van der Waals surface area contributed by atoms with Crippen LogP contribution in [0.4, 0.5) is 10.6 Å². The van der Waals surface area contributed by atoms with E-state index in [-0.39, 0.29) is 11.4 Å². The van der Waals surface area contributed by atoms with Gasteiger partial charge in [0.1, 0.15) is 5.82 Å². The van der Waals surface area contributed by atoms with E-state index in [0.29, 0.717) is 17.1 Å². The predicted molar refractivity (Wildman–Crippen MR) is 90.5 cm³/mol. The average Bonchev–Trinajstić information content (AvgIpc) is 2.63. The van der Waals surface area contributed by atoms with Crippen LogP contribution in [0.3, 0.4) is 0 Å². The Morgan fingerprint density at radius 2 is 1.68 bits per heavy atom. The number of hydrogen-bond donors (Lipinski definition) is 2. The van der Waals surface area contributed by atoms with Gasteiger partial charge in [-0.05, 0) is 17.7 Å². The standard InChI is InChI=1S/C16H18N4O5/c1-19-13-11(14(21)20(2)16(19)23)12(17-15(22)18-13)8-5-6-9(24-3)10(7-8)25-4/h5-7,12H,1-4H3,(H2,17,18,22). The highest BCUT2D eigenvalue weighted by molar-refractivity contribution is 5.92. The van der Waals surface area contributed by atoms with Gasteiger partial charge < -0.3 is 14.8 Å². The van der Waals surface area contributed by atoms with Crippen molar-refractivity contribution in [1.29, 1.82) is 0 Å². The van der Waals surface area contributed by atoms with Crippen molar-refractivity contribution in [3.63, 3.8) is 0 Å². The molecule has 2 N–H and O–H groups in total. The number of carbonyl (C=O) groups excluding carboxylic acids is 1. The Kier molecular flexibility index (Phi) is 3.99. The third kappa shape index (κ3) is 2.53. The highest BCUT2D eigenvalue weighted by Crippen LogP contribution is 2.34. The maximum atomic E-state index is 12.7. The van der Waals surface area contributed by atoms with E-state index in [2.05, 4.69) is 10.6 Å². The molecule has 1 aliphatic rings. The molecule has 9 nitrogen and oxygen atoms in total. The van der Waals surface area contributed by atoms with Gasteiger partial charge in [-0.3, -0.25) is 19.2 Å². The number of rotatable bonds is 3. The lowest BCUT2D eigenvalue weighted by Crippen LogP contribution is -2.49. The minimum absolute atomic E-state index is 0.177. The SMILES string of the molecule is COc1ccc(C2NC(=O)Nc3c2c(=O)n(C)c(=O)n3C)cc1OC. The summed E-state index contributed by atoms with van der Waals surface area (Å²) in [5.74, 6) is 1.17. The Labute approximate surface area is 142 Å². The zero-order valence-electron chi connectivity index (χ0n) is 14.2. The summed E-state index contributed by atoms with van der Waals surface area (Å²) in [6.45, 7) is 0. The van der Waals surface area contributed by atoms with Gasteiger partial charge in [0.15, 0.2) is 11.5 Å². The fraction of sp³-hybridized carbons (Fsp3) is 0.312. The highest BCUT2D eigenvalue weighted by atomic mass is 16.5. The predicted octanol–water partition coefficient (Wildman–Crippen LogP) is 0.326. The first-order valence-corrected chi connectivity index (χ1v) is 7.48. The third-order valence-corrected chi connectivity index (χ3v) is 4.24. The van der Waals surface area contributed by atoms with E-state index in [1.165, 1.54) is 32.9 Å². The van der Waals surface area contributed by atoms with E-state index >= 15 is 0 Å². The number of benzene rings is 1. The number of nitrogens with one attached hydrogen (secondary N) is 2. The van der Waals surface area contributed by atoms with Crippen LogP contribution in [0.25, 0.3) is 0 Å². The topological polar surface area (TPSA) is 104 Å². The van der Waals surface area contributed by atoms with Crippen molar-refractivity contribution in [2.24, 2.45) is 14.1 Å². The summed E-state index contributed by atoms with van der Waals surface area (Å²) in [4.78, 5) is 36.8. The summed E-state index contributed by atoms with van der Waals surface area (Å²) in [6.07, 6.45) is 0. The van der Waals surface area contributed by atoms with Crippen LogP contribution in [0.2, 0.25) is 0 Å². The molecule has 2 heterocycles. The molecule has 2 amide bonds. The van der Waals surface area contributed by atoms with Gasteiger partial charge in [0.25, 0.3) is 5.56 Å². The third-order valence-electron chi connectivity index (χ3n) is 4.24. The lowest BCUT2D eigenvalue weighted by Gasteiger charge is -2.28. The molecule has 9 heteroatoms. The molecular formula is C16H18N4O5. The second-order valence-corrected chi connectivity index (χ2v) is 5.61. The number of methoxy groups -OCH3 is 2. The van der Waals surface area contributed by atoms with Crippen molar-refractivity contribution in [1.82, 2.24) is 14.5 Å². The summed E-state index contributed by atoms with van der Waals surface area (Å²) >= 11 is 0. The van der Waals surface area contributed by atoms with Crippen molar-refractivity contribution in [2.75, 3.05) is 19.5 Å². The molecule has 1 aliphatic heterocycles. The molecule has 1 unspecified atom stereocenters. The van der Waals surface area contributed by atoms with Crippen LogP contribution in [0, 0.1) is 0 Å². The minimum Gasteiger partial charge on any atom is -0.493 e. The van der Waals surface area contributed by atoms with Crippen molar-refractivity contribution < 1.29 is 14.3 Å². The van der Waals surface area contributed by atoms with Gasteiger partial charge in [0, 0.05) is 14.1 Å². The molecule has 0 bridgehead atoms. The normalized spacial score (nSPS) is 15.8. The van der Waals surface area contributed by atoms with Gasteiger partial charge in [0.05, 0.1) is 25.8 Å². The maximum Gasteiger partial charge on any atom is 0.332 e. The average molecular weight is 346 g/mol. The summed E-state index contributed by atoms with van der Waals surface area (Å²) in [5.41, 5.74) is -0.0942. The zero-order valence-corrected chi connectivity index (χ0v) is 14.2. The Morgan fingerprint density at radius 3 is 2.32 bits per heavy atom. The summed E-state index contributed by atoms with van der Waals surface area (Å²) in [5, 5.41) is 5.25. The number of urea groups is 1. The molecule has 0 saturated heterocycles. The fourth-order valence-corrected chi connectivity index (χ4v) is 2.91. The molecule has 2 aromatic rings. The van der Waals surface area contributed by atoms with Gasteiger partial charge in [0.2, 0.25) is 0 Å². The Bertz CT molecular complexity index is 976. The van der Waals surface area contributed by atoms with E-state index < -0.39 is 23.3 Å². The summed E-state index contributed by atoms with van der Waals surface area (Å²) in [7, 11) is 5.91. The van der Waals surface area contributed by atoms with Crippen LogP contribution < -0.4 is 31.4 Å². The second-order valence-electron chi connectivity index (χ2n) is 5.61. The molecule has 132 valence electrons. The maximum absolute atomic E-state index is 12.7. The summed E-state index contributed by atoms with van der Waals surface area (Å²) < 4.78 is 12.7. The van der Waals surface area contributed by atoms with Gasteiger partial charge in [-0.25, -0.2) is 9.59 Å². The molecule has 0 saturated carbocycles. The largest absolute Gasteiger partial charge is 0.493 e. The lowest BCUT2D eigenvalue weighted by molar-refractivity contribution is 0.248. The first kappa shape index (κ1) is 16.6. The molecule has 25 heavy (non-hydrogen) atoms. The van der Waals surface area contributed by atoms with Crippen molar-refractivity contribution in [3.05, 3.63) is 50.2 Å². The van der Waals surface area contributed by atoms with Crippen LogP contribution in [0.5, 0.6) is 11.5 Å². The van der Waals surface area contributed by atoms with E-state index in [9.17, 15) is 14.4 Å². The minimum atomic E-state index is -0.728. The number of aromatic nitrogens is 2. The van der Waals surface area contributed by atoms with Gasteiger partial charge in [-0.15, -0.1) is 0 Å².